The van der Waals surface area contributed by atoms with Crippen LogP contribution in [0.1, 0.15) is 31.4 Å². The summed E-state index contributed by atoms with van der Waals surface area (Å²) in [5.74, 6) is 0.621. The molecule has 8 heteroatoms. The molecule has 0 saturated carbocycles. The van der Waals surface area contributed by atoms with Crippen LogP contribution in [0.25, 0.3) is 10.9 Å². The first-order valence-electron chi connectivity index (χ1n) is 10.7. The van der Waals surface area contributed by atoms with Gasteiger partial charge in [-0.25, -0.2) is 0 Å². The minimum Gasteiger partial charge on any atom is -0.493 e. The minimum atomic E-state index is -4.89. The van der Waals surface area contributed by atoms with Crippen molar-refractivity contribution >= 4 is 22.7 Å². The number of pyridine rings is 1. The molecule has 2 aromatic carbocycles. The molecular formula is C25H26F3NO3S. The average molecular weight is 478 g/mol. The molecule has 2 heterocycles. The highest BCUT2D eigenvalue weighted by Crippen LogP contribution is 2.47. The SMILES string of the molecule is CSc1cc2c(c(C(C)(C)CC(O)(Cn3ccc(=O)c4ccccc43)C(F)(F)F)c1)OCC2. The summed E-state index contributed by atoms with van der Waals surface area (Å²) in [6.07, 6.45) is -1.53. The van der Waals surface area contributed by atoms with E-state index in [0.717, 1.165) is 10.5 Å². The number of alkyl halides is 3. The molecule has 1 unspecified atom stereocenters. The van der Waals surface area contributed by atoms with Gasteiger partial charge in [-0.3, -0.25) is 4.79 Å². The number of hydrogen-bond acceptors (Lipinski definition) is 4. The van der Waals surface area contributed by atoms with E-state index in [9.17, 15) is 23.1 Å². The Morgan fingerprint density at radius 2 is 1.88 bits per heavy atom. The molecule has 1 aliphatic heterocycles. The van der Waals surface area contributed by atoms with Crippen LogP contribution in [0.4, 0.5) is 13.2 Å². The van der Waals surface area contributed by atoms with Crippen LogP contribution >= 0.6 is 11.8 Å². The first-order chi connectivity index (χ1) is 15.4. The van der Waals surface area contributed by atoms with Gasteiger partial charge in [-0.15, -0.1) is 11.8 Å². The largest absolute Gasteiger partial charge is 0.493 e. The van der Waals surface area contributed by atoms with E-state index in [1.807, 2.05) is 18.4 Å². The number of hydrogen-bond donors (Lipinski definition) is 1. The van der Waals surface area contributed by atoms with Gasteiger partial charge in [-0.05, 0) is 47.9 Å². The van der Waals surface area contributed by atoms with Gasteiger partial charge < -0.3 is 14.4 Å². The van der Waals surface area contributed by atoms with Crippen molar-refractivity contribution in [1.82, 2.24) is 4.57 Å². The predicted molar refractivity (Wildman–Crippen MR) is 124 cm³/mol. The molecule has 4 rings (SSSR count). The monoisotopic (exact) mass is 477 g/mol. The molecule has 1 N–H and O–H groups in total. The maximum Gasteiger partial charge on any atom is 0.418 e. The maximum absolute atomic E-state index is 14.4. The summed E-state index contributed by atoms with van der Waals surface area (Å²) in [5.41, 5.74) is -2.37. The Kier molecular flexibility index (Phi) is 6.03. The third-order valence-electron chi connectivity index (χ3n) is 6.30. The fourth-order valence-corrected chi connectivity index (χ4v) is 5.15. The van der Waals surface area contributed by atoms with Crippen LogP contribution in [0, 0.1) is 0 Å². The number of benzene rings is 2. The van der Waals surface area contributed by atoms with E-state index in [0.29, 0.717) is 35.2 Å². The smallest absolute Gasteiger partial charge is 0.418 e. The summed E-state index contributed by atoms with van der Waals surface area (Å²) in [5, 5.41) is 11.4. The van der Waals surface area contributed by atoms with E-state index in [1.54, 1.807) is 38.1 Å². The fourth-order valence-electron chi connectivity index (χ4n) is 4.65. The minimum absolute atomic E-state index is 0.278. The first kappa shape index (κ1) is 23.7. The highest BCUT2D eigenvalue weighted by atomic mass is 32.2. The van der Waals surface area contributed by atoms with Gasteiger partial charge in [0.1, 0.15) is 5.75 Å². The summed E-state index contributed by atoms with van der Waals surface area (Å²) in [6, 6.07) is 11.6. The summed E-state index contributed by atoms with van der Waals surface area (Å²) < 4.78 is 50.2. The molecule has 4 nitrogen and oxygen atoms in total. The van der Waals surface area contributed by atoms with Crippen molar-refractivity contribution in [2.24, 2.45) is 0 Å². The lowest BCUT2D eigenvalue weighted by atomic mass is 9.74. The average Bonchev–Trinajstić information content (AvgIpc) is 3.22. The molecule has 0 radical (unpaired) electrons. The van der Waals surface area contributed by atoms with Crippen molar-refractivity contribution in [2.45, 2.75) is 55.3 Å². The number of aromatic nitrogens is 1. The third kappa shape index (κ3) is 4.38. The van der Waals surface area contributed by atoms with Gasteiger partial charge in [0, 0.05) is 34.5 Å². The zero-order chi connectivity index (χ0) is 24.0. The zero-order valence-electron chi connectivity index (χ0n) is 18.7. The van der Waals surface area contributed by atoms with E-state index in [2.05, 4.69) is 0 Å². The van der Waals surface area contributed by atoms with Crippen molar-refractivity contribution in [3.8, 4) is 5.75 Å². The molecule has 33 heavy (non-hydrogen) atoms. The van der Waals surface area contributed by atoms with Gasteiger partial charge in [0.2, 0.25) is 0 Å². The lowest BCUT2D eigenvalue weighted by molar-refractivity contribution is -0.271. The Balaban J connectivity index is 1.78. The number of rotatable bonds is 6. The molecule has 1 atom stereocenters. The van der Waals surface area contributed by atoms with E-state index in [-0.39, 0.29) is 5.43 Å². The van der Waals surface area contributed by atoms with Gasteiger partial charge in [0.25, 0.3) is 0 Å². The highest BCUT2D eigenvalue weighted by molar-refractivity contribution is 7.98. The molecule has 1 aliphatic rings. The van der Waals surface area contributed by atoms with Crippen LogP contribution < -0.4 is 10.2 Å². The fraction of sp³-hybridized carbons (Fsp3) is 0.400. The molecule has 0 saturated heterocycles. The number of para-hydroxylation sites is 1. The Morgan fingerprint density at radius 1 is 1.15 bits per heavy atom. The number of ether oxygens (including phenoxy) is 1. The number of fused-ring (bicyclic) bond motifs is 2. The van der Waals surface area contributed by atoms with Gasteiger partial charge in [-0.2, -0.15) is 13.2 Å². The molecule has 1 aromatic heterocycles. The number of nitrogens with zero attached hydrogens (tertiary/aromatic N) is 1. The summed E-state index contributed by atoms with van der Waals surface area (Å²) >= 11 is 1.52. The second kappa shape index (κ2) is 8.40. The zero-order valence-corrected chi connectivity index (χ0v) is 19.5. The predicted octanol–water partition coefficient (Wildman–Crippen LogP) is 5.32. The van der Waals surface area contributed by atoms with Crippen molar-refractivity contribution in [2.75, 3.05) is 12.9 Å². The molecule has 176 valence electrons. The topological polar surface area (TPSA) is 51.5 Å². The van der Waals surface area contributed by atoms with Crippen molar-refractivity contribution in [3.05, 3.63) is 70.0 Å². The summed E-state index contributed by atoms with van der Waals surface area (Å²) in [4.78, 5) is 13.1. The molecule has 0 fully saturated rings. The summed E-state index contributed by atoms with van der Waals surface area (Å²) in [6.45, 7) is 3.17. The quantitative estimate of drug-likeness (QED) is 0.489. The molecule has 3 aromatic rings. The standard InChI is InChI=1S/C25H26F3NO3S/c1-23(2,19-13-17(33-3)12-16-9-11-32-22(16)19)14-24(31,25(26,27)28)15-29-10-8-21(30)18-6-4-5-7-20(18)29/h4-8,10,12-13,31H,9,11,14-15H2,1-3H3. The van der Waals surface area contributed by atoms with Crippen molar-refractivity contribution < 1.29 is 23.0 Å². The van der Waals surface area contributed by atoms with Crippen LogP contribution in [-0.2, 0) is 18.4 Å². The Bertz CT molecular complexity index is 1250. The van der Waals surface area contributed by atoms with Crippen molar-refractivity contribution in [1.29, 1.82) is 0 Å². The molecule has 0 aliphatic carbocycles. The third-order valence-corrected chi connectivity index (χ3v) is 7.01. The van der Waals surface area contributed by atoms with Crippen LogP contribution in [0.3, 0.4) is 0 Å². The highest BCUT2D eigenvalue weighted by Gasteiger charge is 2.56. The van der Waals surface area contributed by atoms with Crippen LogP contribution in [0.5, 0.6) is 5.75 Å². The summed E-state index contributed by atoms with van der Waals surface area (Å²) in [7, 11) is 0. The van der Waals surface area contributed by atoms with E-state index >= 15 is 0 Å². The Morgan fingerprint density at radius 3 is 2.58 bits per heavy atom. The molecule has 0 spiro atoms. The molecule has 0 amide bonds. The molecular weight excluding hydrogens is 451 g/mol. The number of halogens is 3. The lowest BCUT2D eigenvalue weighted by Gasteiger charge is -2.39. The maximum atomic E-state index is 14.4. The Labute approximate surface area is 194 Å². The molecule has 0 bridgehead atoms. The van der Waals surface area contributed by atoms with Gasteiger partial charge in [-0.1, -0.05) is 26.0 Å². The van der Waals surface area contributed by atoms with Crippen LogP contribution in [0.2, 0.25) is 0 Å². The van der Waals surface area contributed by atoms with Crippen LogP contribution in [0.15, 0.2) is 58.4 Å². The number of thioether (sulfide) groups is 1. The van der Waals surface area contributed by atoms with Crippen molar-refractivity contribution in [3.63, 3.8) is 0 Å². The second-order valence-corrected chi connectivity index (χ2v) is 10.1. The van der Waals surface area contributed by atoms with E-state index < -0.39 is 30.2 Å². The second-order valence-electron chi connectivity index (χ2n) is 9.18. The normalized spacial score (nSPS) is 15.8. The van der Waals surface area contributed by atoms with E-state index in [1.165, 1.54) is 28.6 Å². The number of aliphatic hydroxyl groups is 1. The van der Waals surface area contributed by atoms with Gasteiger partial charge in [0.05, 0.1) is 18.7 Å². The first-order valence-corrected chi connectivity index (χ1v) is 11.9. The lowest BCUT2D eigenvalue weighted by Crippen LogP contribution is -2.52. The van der Waals surface area contributed by atoms with Crippen LogP contribution in [-0.4, -0.2) is 34.3 Å². The Hall–Kier alpha value is -2.45. The van der Waals surface area contributed by atoms with Gasteiger partial charge in [0.15, 0.2) is 11.0 Å². The van der Waals surface area contributed by atoms with Gasteiger partial charge >= 0.3 is 6.18 Å². The van der Waals surface area contributed by atoms with E-state index in [4.69, 9.17) is 4.74 Å².